The first-order valence-electron chi connectivity index (χ1n) is 9.20. The van der Waals surface area contributed by atoms with Crippen LogP contribution in [0.4, 0.5) is 5.69 Å². The average Bonchev–Trinajstić information content (AvgIpc) is 3.22. The third-order valence-electron chi connectivity index (χ3n) is 4.50. The molecule has 0 aliphatic heterocycles. The van der Waals surface area contributed by atoms with Crippen LogP contribution in [0.15, 0.2) is 64.6 Å². The van der Waals surface area contributed by atoms with E-state index in [0.29, 0.717) is 22.8 Å². The van der Waals surface area contributed by atoms with Crippen LogP contribution < -0.4 is 5.32 Å². The summed E-state index contributed by atoms with van der Waals surface area (Å²) in [6, 6.07) is 17.7. The number of furan rings is 1. The number of carbonyl (C=O) groups excluding carboxylic acids is 2. The van der Waals surface area contributed by atoms with Crippen molar-refractivity contribution in [2.24, 2.45) is 0 Å². The molecule has 1 heterocycles. The Morgan fingerprint density at radius 3 is 2.43 bits per heavy atom. The van der Waals surface area contributed by atoms with E-state index in [1.54, 1.807) is 42.5 Å². The van der Waals surface area contributed by atoms with E-state index in [1.807, 2.05) is 32.0 Å². The standard InChI is InChI=1S/C24H20N2O4/c1-15-4-10-21(16(2)12-15)26-23(27)19(14-25)13-20-9-11-22(30-20)17-5-7-18(8-6-17)24(28)29-3/h4-13H,1-3H3,(H,26,27)/b19-13+. The summed E-state index contributed by atoms with van der Waals surface area (Å²) in [5, 5.41) is 12.2. The molecule has 30 heavy (non-hydrogen) atoms. The summed E-state index contributed by atoms with van der Waals surface area (Å²) in [5.74, 6) is -0.0120. The first kappa shape index (κ1) is 20.6. The number of anilines is 1. The number of aryl methyl sites for hydroxylation is 2. The second-order valence-electron chi connectivity index (χ2n) is 6.71. The van der Waals surface area contributed by atoms with Crippen molar-refractivity contribution < 1.29 is 18.7 Å². The molecule has 0 spiro atoms. The number of esters is 1. The number of amides is 1. The van der Waals surface area contributed by atoms with Gasteiger partial charge in [0.1, 0.15) is 23.2 Å². The number of methoxy groups -OCH3 is 1. The van der Waals surface area contributed by atoms with Crippen LogP contribution >= 0.6 is 0 Å². The quantitative estimate of drug-likeness (QED) is 0.374. The van der Waals surface area contributed by atoms with Crippen molar-refractivity contribution in [1.29, 1.82) is 5.26 Å². The third-order valence-corrected chi connectivity index (χ3v) is 4.50. The van der Waals surface area contributed by atoms with E-state index in [2.05, 4.69) is 10.1 Å². The fourth-order valence-corrected chi connectivity index (χ4v) is 2.91. The molecule has 0 atom stereocenters. The van der Waals surface area contributed by atoms with E-state index >= 15 is 0 Å². The lowest BCUT2D eigenvalue weighted by Gasteiger charge is -2.08. The molecule has 0 unspecified atom stereocenters. The molecule has 2 aromatic carbocycles. The molecule has 1 N–H and O–H groups in total. The van der Waals surface area contributed by atoms with E-state index in [1.165, 1.54) is 13.2 Å². The molecular weight excluding hydrogens is 380 g/mol. The topological polar surface area (TPSA) is 92.3 Å². The van der Waals surface area contributed by atoms with Crippen molar-refractivity contribution in [3.63, 3.8) is 0 Å². The van der Waals surface area contributed by atoms with Crippen LogP contribution in [0.5, 0.6) is 0 Å². The van der Waals surface area contributed by atoms with Crippen LogP contribution in [0.3, 0.4) is 0 Å². The van der Waals surface area contributed by atoms with Crippen LogP contribution in [-0.4, -0.2) is 19.0 Å². The minimum Gasteiger partial charge on any atom is -0.465 e. The Kier molecular flexibility index (Phi) is 6.14. The van der Waals surface area contributed by atoms with Gasteiger partial charge in [-0.15, -0.1) is 0 Å². The highest BCUT2D eigenvalue weighted by atomic mass is 16.5. The van der Waals surface area contributed by atoms with Gasteiger partial charge in [0.25, 0.3) is 5.91 Å². The van der Waals surface area contributed by atoms with Gasteiger partial charge in [-0.3, -0.25) is 4.79 Å². The molecule has 0 saturated carbocycles. The maximum Gasteiger partial charge on any atom is 0.337 e. The van der Waals surface area contributed by atoms with Gasteiger partial charge in [0.2, 0.25) is 0 Å². The zero-order chi connectivity index (χ0) is 21.7. The molecule has 0 aliphatic carbocycles. The number of rotatable bonds is 5. The van der Waals surface area contributed by atoms with Crippen LogP contribution in [-0.2, 0) is 9.53 Å². The number of ether oxygens (including phenoxy) is 1. The predicted octanol–water partition coefficient (Wildman–Crippen LogP) is 4.90. The van der Waals surface area contributed by atoms with Gasteiger partial charge < -0.3 is 14.5 Å². The Labute approximate surface area is 174 Å². The van der Waals surface area contributed by atoms with Crippen LogP contribution in [0.25, 0.3) is 17.4 Å². The molecule has 3 rings (SSSR count). The Balaban J connectivity index is 1.78. The molecule has 0 radical (unpaired) electrons. The van der Waals surface area contributed by atoms with Crippen molar-refractivity contribution in [3.05, 3.63) is 82.6 Å². The smallest absolute Gasteiger partial charge is 0.337 e. The van der Waals surface area contributed by atoms with Gasteiger partial charge in [-0.05, 0) is 49.7 Å². The Morgan fingerprint density at radius 2 is 1.80 bits per heavy atom. The SMILES string of the molecule is COC(=O)c1ccc(-c2ccc(/C=C(\C#N)C(=O)Nc3ccc(C)cc3C)o2)cc1. The molecule has 0 aliphatic rings. The molecule has 0 fully saturated rings. The van der Waals surface area contributed by atoms with Gasteiger partial charge >= 0.3 is 5.97 Å². The number of benzene rings is 2. The fraction of sp³-hybridized carbons (Fsp3) is 0.125. The van der Waals surface area contributed by atoms with Crippen LogP contribution in [0, 0.1) is 25.2 Å². The zero-order valence-electron chi connectivity index (χ0n) is 16.9. The normalized spacial score (nSPS) is 10.9. The summed E-state index contributed by atoms with van der Waals surface area (Å²) in [7, 11) is 1.32. The summed E-state index contributed by atoms with van der Waals surface area (Å²) in [5.41, 5.74) is 3.76. The Hall–Kier alpha value is -4.11. The van der Waals surface area contributed by atoms with Gasteiger partial charge in [0, 0.05) is 17.3 Å². The largest absolute Gasteiger partial charge is 0.465 e. The molecule has 3 aromatic rings. The number of nitrogens with zero attached hydrogens (tertiary/aromatic N) is 1. The van der Waals surface area contributed by atoms with Gasteiger partial charge in [0.05, 0.1) is 12.7 Å². The number of nitrogens with one attached hydrogen (secondary N) is 1. The second kappa shape index (κ2) is 8.93. The number of carbonyl (C=O) groups is 2. The molecule has 0 saturated heterocycles. The summed E-state index contributed by atoms with van der Waals surface area (Å²) in [6.07, 6.45) is 1.39. The maximum absolute atomic E-state index is 12.5. The molecule has 6 nitrogen and oxygen atoms in total. The fourth-order valence-electron chi connectivity index (χ4n) is 2.91. The maximum atomic E-state index is 12.5. The Morgan fingerprint density at radius 1 is 1.07 bits per heavy atom. The Bertz CT molecular complexity index is 1160. The lowest BCUT2D eigenvalue weighted by atomic mass is 10.1. The van der Waals surface area contributed by atoms with Crippen molar-refractivity contribution >= 4 is 23.6 Å². The van der Waals surface area contributed by atoms with Gasteiger partial charge in [-0.1, -0.05) is 29.8 Å². The number of nitriles is 1. The molecule has 150 valence electrons. The van der Waals surface area contributed by atoms with Crippen molar-refractivity contribution in [1.82, 2.24) is 0 Å². The number of hydrogen-bond acceptors (Lipinski definition) is 5. The van der Waals surface area contributed by atoms with Gasteiger partial charge in [-0.2, -0.15) is 5.26 Å². The zero-order valence-corrected chi connectivity index (χ0v) is 16.9. The minimum absolute atomic E-state index is 0.0723. The van der Waals surface area contributed by atoms with Gasteiger partial charge in [0.15, 0.2) is 0 Å². The van der Waals surface area contributed by atoms with E-state index in [-0.39, 0.29) is 5.57 Å². The third kappa shape index (κ3) is 4.65. The monoisotopic (exact) mass is 400 g/mol. The summed E-state index contributed by atoms with van der Waals surface area (Å²) in [4.78, 5) is 24.0. The average molecular weight is 400 g/mol. The lowest BCUT2D eigenvalue weighted by molar-refractivity contribution is -0.112. The van der Waals surface area contributed by atoms with Crippen LogP contribution in [0.2, 0.25) is 0 Å². The van der Waals surface area contributed by atoms with Crippen molar-refractivity contribution in [2.75, 3.05) is 12.4 Å². The van der Waals surface area contributed by atoms with Crippen LogP contribution in [0.1, 0.15) is 27.2 Å². The molecule has 6 heteroatoms. The van der Waals surface area contributed by atoms with Crippen molar-refractivity contribution in [2.45, 2.75) is 13.8 Å². The summed E-state index contributed by atoms with van der Waals surface area (Å²) >= 11 is 0. The highest BCUT2D eigenvalue weighted by Gasteiger charge is 2.13. The van der Waals surface area contributed by atoms with E-state index in [9.17, 15) is 14.9 Å². The minimum atomic E-state index is -0.509. The van der Waals surface area contributed by atoms with Crippen molar-refractivity contribution in [3.8, 4) is 17.4 Å². The lowest BCUT2D eigenvalue weighted by Crippen LogP contribution is -2.14. The highest BCUT2D eigenvalue weighted by Crippen LogP contribution is 2.24. The van der Waals surface area contributed by atoms with E-state index in [4.69, 9.17) is 4.42 Å². The molecule has 0 bridgehead atoms. The van der Waals surface area contributed by atoms with E-state index < -0.39 is 11.9 Å². The molecular formula is C24H20N2O4. The first-order chi connectivity index (χ1) is 14.4. The molecule has 1 amide bonds. The predicted molar refractivity (Wildman–Crippen MR) is 114 cm³/mol. The highest BCUT2D eigenvalue weighted by molar-refractivity contribution is 6.09. The second-order valence-corrected chi connectivity index (χ2v) is 6.71. The summed E-state index contributed by atoms with van der Waals surface area (Å²) in [6.45, 7) is 3.86. The van der Waals surface area contributed by atoms with Gasteiger partial charge in [-0.25, -0.2) is 4.79 Å². The first-order valence-corrected chi connectivity index (χ1v) is 9.20. The molecule has 1 aromatic heterocycles. The van der Waals surface area contributed by atoms with E-state index in [0.717, 1.165) is 16.7 Å². The number of hydrogen-bond donors (Lipinski definition) is 1. The summed E-state index contributed by atoms with van der Waals surface area (Å²) < 4.78 is 10.4.